The minimum atomic E-state index is -1.05. The predicted octanol–water partition coefficient (Wildman–Crippen LogP) is 2.36. The van der Waals surface area contributed by atoms with Gasteiger partial charge in [0.05, 0.1) is 11.9 Å². The van der Waals surface area contributed by atoms with Crippen molar-refractivity contribution in [3.05, 3.63) is 23.8 Å². The lowest BCUT2D eigenvalue weighted by Gasteiger charge is -2.25. The van der Waals surface area contributed by atoms with Crippen LogP contribution in [0.3, 0.4) is 0 Å². The molecule has 0 aromatic heterocycles. The molecule has 0 aliphatic carbocycles. The maximum Gasteiger partial charge on any atom is 0.349 e. The van der Waals surface area contributed by atoms with Gasteiger partial charge in [0, 0.05) is 10.5 Å². The Kier molecular flexibility index (Phi) is 4.46. The van der Waals surface area contributed by atoms with E-state index < -0.39 is 11.6 Å². The van der Waals surface area contributed by atoms with E-state index in [4.69, 9.17) is 20.6 Å². The number of carbonyl (C=O) groups is 1. The second-order valence-corrected chi connectivity index (χ2v) is 6.58. The lowest BCUT2D eigenvalue weighted by Crippen LogP contribution is -2.40. The molecule has 0 fully saturated rings. The van der Waals surface area contributed by atoms with Gasteiger partial charge in [-0.2, -0.15) is 0 Å². The summed E-state index contributed by atoms with van der Waals surface area (Å²) in [6, 6.07) is 5.70. The molecule has 0 radical (unpaired) electrons. The smallest absolute Gasteiger partial charge is 0.349 e. The quantitative estimate of drug-likeness (QED) is 0.495. The second kappa shape index (κ2) is 5.97. The second-order valence-electron chi connectivity index (χ2n) is 5.33. The zero-order valence-electron chi connectivity index (χ0n) is 12.4. The fourth-order valence-electron chi connectivity index (χ4n) is 2.13. The number of thioether (sulfide) groups is 1. The van der Waals surface area contributed by atoms with Crippen LogP contribution < -0.4 is 10.5 Å². The Balaban J connectivity index is 2.22. The van der Waals surface area contributed by atoms with Crippen molar-refractivity contribution in [1.82, 2.24) is 0 Å². The summed E-state index contributed by atoms with van der Waals surface area (Å²) >= 11 is 1.56. The zero-order valence-corrected chi connectivity index (χ0v) is 13.3. The maximum atomic E-state index is 11.9. The molecule has 1 atom stereocenters. The Morgan fingerprint density at radius 1 is 1.52 bits per heavy atom. The van der Waals surface area contributed by atoms with E-state index in [1.54, 1.807) is 32.5 Å². The Hall–Kier alpha value is -1.69. The molecule has 1 aromatic rings. The van der Waals surface area contributed by atoms with Crippen LogP contribution in [0.15, 0.2) is 23.1 Å². The van der Waals surface area contributed by atoms with Crippen molar-refractivity contribution >= 4 is 23.6 Å². The number of hydrogen-bond donors (Lipinski definition) is 2. The highest BCUT2D eigenvalue weighted by Crippen LogP contribution is 2.42. The molecule has 114 valence electrons. The van der Waals surface area contributed by atoms with Crippen molar-refractivity contribution in [2.24, 2.45) is 5.73 Å². The van der Waals surface area contributed by atoms with Crippen molar-refractivity contribution in [1.29, 1.82) is 5.41 Å². The molecule has 0 amide bonds. The third-order valence-electron chi connectivity index (χ3n) is 3.23. The first kappa shape index (κ1) is 15.7. The van der Waals surface area contributed by atoms with Crippen LogP contribution >= 0.6 is 11.8 Å². The van der Waals surface area contributed by atoms with E-state index >= 15 is 0 Å². The number of nitrogens with one attached hydrogen (secondary N) is 1. The van der Waals surface area contributed by atoms with Gasteiger partial charge in [0.25, 0.3) is 0 Å². The molecule has 1 aliphatic rings. The number of benzene rings is 1. The Morgan fingerprint density at radius 3 is 2.86 bits per heavy atom. The fourth-order valence-corrected chi connectivity index (χ4v) is 3.29. The third-order valence-corrected chi connectivity index (χ3v) is 4.57. The van der Waals surface area contributed by atoms with Crippen LogP contribution in [0.4, 0.5) is 0 Å². The predicted molar refractivity (Wildman–Crippen MR) is 83.0 cm³/mol. The molecule has 3 N–H and O–H groups in total. The van der Waals surface area contributed by atoms with Gasteiger partial charge in [-0.15, -0.1) is 11.8 Å². The summed E-state index contributed by atoms with van der Waals surface area (Å²) in [5, 5.41) is 7.52. The summed E-state index contributed by atoms with van der Waals surface area (Å²) in [5.74, 6) is 0.421. The summed E-state index contributed by atoms with van der Waals surface area (Å²) < 4.78 is 10.9. The number of nitrogens with two attached hydrogens (primary N) is 1. The van der Waals surface area contributed by atoms with Crippen LogP contribution in [-0.2, 0) is 16.0 Å². The number of fused-ring (bicyclic) bond motifs is 1. The maximum absolute atomic E-state index is 11.9. The lowest BCUT2D eigenvalue weighted by atomic mass is 10.1. The summed E-state index contributed by atoms with van der Waals surface area (Å²) in [6.45, 7) is 5.47. The van der Waals surface area contributed by atoms with Crippen molar-refractivity contribution in [2.45, 2.75) is 42.9 Å². The van der Waals surface area contributed by atoms with Crippen molar-refractivity contribution in [2.75, 3.05) is 6.61 Å². The van der Waals surface area contributed by atoms with E-state index in [-0.39, 0.29) is 11.1 Å². The topological polar surface area (TPSA) is 85.4 Å². The number of amidine groups is 1. The first-order chi connectivity index (χ1) is 9.85. The van der Waals surface area contributed by atoms with Gasteiger partial charge in [-0.25, -0.2) is 4.79 Å². The van der Waals surface area contributed by atoms with Gasteiger partial charge in [-0.3, -0.25) is 5.41 Å². The molecule has 0 saturated carbocycles. The van der Waals surface area contributed by atoms with Gasteiger partial charge < -0.3 is 15.2 Å². The molecular formula is C15H20N2O3S. The standard InChI is InChI=1S/C15H20N2O3S/c1-4-19-14(18)15(2,3)20-10-6-5-7-11-9(10)8-12(21-11)13(16)17/h5-7,12H,4,8H2,1-3H3,(H3,16,17). The lowest BCUT2D eigenvalue weighted by molar-refractivity contribution is -0.158. The van der Waals surface area contributed by atoms with Gasteiger partial charge in [-0.1, -0.05) is 6.07 Å². The van der Waals surface area contributed by atoms with Crippen LogP contribution in [0, 0.1) is 5.41 Å². The molecule has 5 nitrogen and oxygen atoms in total. The normalized spacial score (nSPS) is 17.2. The summed E-state index contributed by atoms with van der Waals surface area (Å²) in [4.78, 5) is 13.0. The van der Waals surface area contributed by atoms with Crippen LogP contribution in [-0.4, -0.2) is 29.3 Å². The van der Waals surface area contributed by atoms with Crippen LogP contribution in [0.5, 0.6) is 5.75 Å². The van der Waals surface area contributed by atoms with Crippen LogP contribution in [0.25, 0.3) is 0 Å². The summed E-state index contributed by atoms with van der Waals surface area (Å²) in [5.41, 5.74) is 5.54. The zero-order chi connectivity index (χ0) is 15.6. The number of ether oxygens (including phenoxy) is 2. The fraction of sp³-hybridized carbons (Fsp3) is 0.467. The van der Waals surface area contributed by atoms with Gasteiger partial charge in [-0.05, 0) is 39.3 Å². The number of esters is 1. The molecule has 0 bridgehead atoms. The van der Waals surface area contributed by atoms with Crippen molar-refractivity contribution in [3.63, 3.8) is 0 Å². The molecule has 1 aliphatic heterocycles. The molecule has 2 rings (SSSR count). The van der Waals surface area contributed by atoms with Gasteiger partial charge in [0.15, 0.2) is 5.60 Å². The number of carbonyl (C=O) groups excluding carboxylic acids is 1. The van der Waals surface area contributed by atoms with Crippen LogP contribution in [0.1, 0.15) is 26.3 Å². The van der Waals surface area contributed by atoms with E-state index in [0.717, 1.165) is 10.5 Å². The largest absolute Gasteiger partial charge is 0.476 e. The highest BCUT2D eigenvalue weighted by atomic mass is 32.2. The van der Waals surface area contributed by atoms with Crippen molar-refractivity contribution in [3.8, 4) is 5.75 Å². The highest BCUT2D eigenvalue weighted by Gasteiger charge is 2.34. The highest BCUT2D eigenvalue weighted by molar-refractivity contribution is 8.01. The molecule has 21 heavy (non-hydrogen) atoms. The Labute approximate surface area is 128 Å². The van der Waals surface area contributed by atoms with E-state index in [0.29, 0.717) is 18.8 Å². The van der Waals surface area contributed by atoms with E-state index in [9.17, 15) is 4.79 Å². The van der Waals surface area contributed by atoms with E-state index in [1.807, 2.05) is 18.2 Å². The van der Waals surface area contributed by atoms with Crippen molar-refractivity contribution < 1.29 is 14.3 Å². The van der Waals surface area contributed by atoms with Gasteiger partial charge in [0.2, 0.25) is 0 Å². The monoisotopic (exact) mass is 308 g/mol. The average molecular weight is 308 g/mol. The number of rotatable bonds is 5. The summed E-state index contributed by atoms with van der Waals surface area (Å²) in [7, 11) is 0. The molecule has 0 spiro atoms. The molecule has 1 heterocycles. The molecule has 6 heteroatoms. The van der Waals surface area contributed by atoms with E-state index in [1.165, 1.54) is 0 Å². The SMILES string of the molecule is CCOC(=O)C(C)(C)Oc1cccc2c1CC(C(=N)N)S2. The first-order valence-electron chi connectivity index (χ1n) is 6.84. The van der Waals surface area contributed by atoms with Gasteiger partial charge in [0.1, 0.15) is 11.6 Å². The minimum absolute atomic E-state index is 0.0598. The number of hydrogen-bond acceptors (Lipinski definition) is 5. The average Bonchev–Trinajstić information content (AvgIpc) is 2.84. The van der Waals surface area contributed by atoms with Gasteiger partial charge >= 0.3 is 5.97 Å². The first-order valence-corrected chi connectivity index (χ1v) is 7.71. The molecule has 1 aromatic carbocycles. The summed E-state index contributed by atoms with van der Waals surface area (Å²) in [6.07, 6.45) is 0.643. The minimum Gasteiger partial charge on any atom is -0.476 e. The van der Waals surface area contributed by atoms with E-state index in [2.05, 4.69) is 0 Å². The molecular weight excluding hydrogens is 288 g/mol. The molecule has 0 saturated heterocycles. The van der Waals surface area contributed by atoms with Crippen LogP contribution in [0.2, 0.25) is 0 Å². The Bertz CT molecular complexity index is 572. The third kappa shape index (κ3) is 3.32. The molecule has 1 unspecified atom stereocenters. The Morgan fingerprint density at radius 2 is 2.24 bits per heavy atom.